The molecule has 16 heavy (non-hydrogen) atoms. The van der Waals surface area contributed by atoms with Crippen molar-refractivity contribution in [3.8, 4) is 0 Å². The molecule has 0 heterocycles. The topological polar surface area (TPSA) is 21.3 Å². The molecular formula is C14H23NO. The molecule has 0 aliphatic heterocycles. The van der Waals surface area contributed by atoms with E-state index in [9.17, 15) is 0 Å². The minimum atomic E-state index is 0.585. The van der Waals surface area contributed by atoms with E-state index in [0.29, 0.717) is 5.92 Å². The largest absolute Gasteiger partial charge is 0.384 e. The van der Waals surface area contributed by atoms with Crippen molar-refractivity contribution in [2.45, 2.75) is 20.3 Å². The van der Waals surface area contributed by atoms with Gasteiger partial charge in [-0.2, -0.15) is 0 Å². The summed E-state index contributed by atoms with van der Waals surface area (Å²) in [5, 5.41) is 3.47. The van der Waals surface area contributed by atoms with Gasteiger partial charge in [0, 0.05) is 13.7 Å². The summed E-state index contributed by atoms with van der Waals surface area (Å²) in [6.07, 6.45) is 1.10. The molecule has 1 rings (SSSR count). The Hall–Kier alpha value is -0.860. The summed E-state index contributed by atoms with van der Waals surface area (Å²) in [5.74, 6) is 0.585. The summed E-state index contributed by atoms with van der Waals surface area (Å²) in [5.41, 5.74) is 2.82. The number of methoxy groups -OCH3 is 1. The molecule has 0 aromatic heterocycles. The Kier molecular flexibility index (Phi) is 6.12. The second-order valence-corrected chi connectivity index (χ2v) is 4.44. The summed E-state index contributed by atoms with van der Waals surface area (Å²) in [6, 6.07) is 8.57. The molecule has 90 valence electrons. The van der Waals surface area contributed by atoms with Crippen molar-refractivity contribution in [2.24, 2.45) is 5.92 Å². The lowest BCUT2D eigenvalue weighted by Crippen LogP contribution is -2.25. The average molecular weight is 221 g/mol. The molecule has 1 aromatic rings. The Morgan fingerprint density at radius 2 is 2.06 bits per heavy atom. The first-order valence-electron chi connectivity index (χ1n) is 5.98. The molecule has 1 atom stereocenters. The van der Waals surface area contributed by atoms with E-state index < -0.39 is 0 Å². The van der Waals surface area contributed by atoms with Crippen LogP contribution in [0.25, 0.3) is 0 Å². The Balaban J connectivity index is 2.19. The van der Waals surface area contributed by atoms with E-state index in [0.717, 1.165) is 26.1 Å². The highest BCUT2D eigenvalue weighted by molar-refractivity contribution is 5.25. The number of aryl methyl sites for hydroxylation is 1. The van der Waals surface area contributed by atoms with Gasteiger partial charge in [-0.3, -0.25) is 0 Å². The van der Waals surface area contributed by atoms with Gasteiger partial charge in [0.1, 0.15) is 0 Å². The Morgan fingerprint density at radius 1 is 1.31 bits per heavy atom. The van der Waals surface area contributed by atoms with Gasteiger partial charge in [-0.25, -0.2) is 0 Å². The molecule has 0 saturated carbocycles. The van der Waals surface area contributed by atoms with Crippen molar-refractivity contribution in [3.63, 3.8) is 0 Å². The van der Waals surface area contributed by atoms with Crippen molar-refractivity contribution in [1.82, 2.24) is 5.32 Å². The maximum atomic E-state index is 5.10. The van der Waals surface area contributed by atoms with E-state index >= 15 is 0 Å². The number of benzene rings is 1. The standard InChI is InChI=1S/C14H23NO/c1-12(11-16-3)10-15-9-8-14-7-5-4-6-13(14)2/h4-7,12,15H,8-11H2,1-3H3. The van der Waals surface area contributed by atoms with Crippen LogP contribution in [0.4, 0.5) is 0 Å². The average Bonchev–Trinajstić information content (AvgIpc) is 2.27. The van der Waals surface area contributed by atoms with Crippen LogP contribution in [0.5, 0.6) is 0 Å². The number of ether oxygens (including phenoxy) is 1. The van der Waals surface area contributed by atoms with Crippen LogP contribution in [0.3, 0.4) is 0 Å². The van der Waals surface area contributed by atoms with Crippen molar-refractivity contribution in [3.05, 3.63) is 35.4 Å². The van der Waals surface area contributed by atoms with Crippen LogP contribution >= 0.6 is 0 Å². The smallest absolute Gasteiger partial charge is 0.0499 e. The quantitative estimate of drug-likeness (QED) is 0.714. The zero-order chi connectivity index (χ0) is 11.8. The van der Waals surface area contributed by atoms with Crippen LogP contribution in [0, 0.1) is 12.8 Å². The lowest BCUT2D eigenvalue weighted by Gasteiger charge is -2.12. The highest BCUT2D eigenvalue weighted by atomic mass is 16.5. The molecule has 1 N–H and O–H groups in total. The van der Waals surface area contributed by atoms with Crippen LogP contribution in [0.2, 0.25) is 0 Å². The third-order valence-electron chi connectivity index (χ3n) is 2.78. The van der Waals surface area contributed by atoms with Gasteiger partial charge in [0.05, 0.1) is 0 Å². The van der Waals surface area contributed by atoms with Crippen LogP contribution in [0.15, 0.2) is 24.3 Å². The van der Waals surface area contributed by atoms with Crippen LogP contribution in [-0.4, -0.2) is 26.8 Å². The summed E-state index contributed by atoms with van der Waals surface area (Å²) in [6.45, 7) is 7.27. The molecule has 2 nitrogen and oxygen atoms in total. The first kappa shape index (κ1) is 13.2. The SMILES string of the molecule is COCC(C)CNCCc1ccccc1C. The highest BCUT2D eigenvalue weighted by Gasteiger charge is 2.01. The first-order valence-corrected chi connectivity index (χ1v) is 5.98. The fourth-order valence-electron chi connectivity index (χ4n) is 1.81. The van der Waals surface area contributed by atoms with E-state index in [2.05, 4.69) is 43.4 Å². The molecule has 0 fully saturated rings. The molecule has 0 aliphatic carbocycles. The molecule has 2 heteroatoms. The predicted octanol–water partition coefficient (Wildman–Crippen LogP) is 2.41. The van der Waals surface area contributed by atoms with Crippen LogP contribution in [0.1, 0.15) is 18.1 Å². The molecule has 0 spiro atoms. The zero-order valence-corrected chi connectivity index (χ0v) is 10.6. The number of hydrogen-bond acceptors (Lipinski definition) is 2. The van der Waals surface area contributed by atoms with Crippen LogP contribution in [-0.2, 0) is 11.2 Å². The predicted molar refractivity (Wildman–Crippen MR) is 68.8 cm³/mol. The second kappa shape index (κ2) is 7.42. The van der Waals surface area contributed by atoms with Gasteiger partial charge < -0.3 is 10.1 Å². The van der Waals surface area contributed by atoms with Crippen molar-refractivity contribution in [1.29, 1.82) is 0 Å². The molecular weight excluding hydrogens is 198 g/mol. The maximum absolute atomic E-state index is 5.10. The second-order valence-electron chi connectivity index (χ2n) is 4.44. The van der Waals surface area contributed by atoms with Gasteiger partial charge in [-0.1, -0.05) is 31.2 Å². The summed E-state index contributed by atoms with van der Waals surface area (Å²) < 4.78 is 5.10. The zero-order valence-electron chi connectivity index (χ0n) is 10.6. The van der Waals surface area contributed by atoms with E-state index in [1.54, 1.807) is 7.11 Å². The maximum Gasteiger partial charge on any atom is 0.0499 e. The monoisotopic (exact) mass is 221 g/mol. The summed E-state index contributed by atoms with van der Waals surface area (Å²) >= 11 is 0. The number of hydrogen-bond donors (Lipinski definition) is 1. The van der Waals surface area contributed by atoms with Gasteiger partial charge in [0.15, 0.2) is 0 Å². The number of rotatable bonds is 7. The third-order valence-corrected chi connectivity index (χ3v) is 2.78. The van der Waals surface area contributed by atoms with E-state index in [4.69, 9.17) is 4.74 Å². The molecule has 0 aliphatic rings. The number of nitrogens with one attached hydrogen (secondary N) is 1. The minimum absolute atomic E-state index is 0.585. The highest BCUT2D eigenvalue weighted by Crippen LogP contribution is 2.06. The lowest BCUT2D eigenvalue weighted by atomic mass is 10.1. The fourth-order valence-corrected chi connectivity index (χ4v) is 1.81. The van der Waals surface area contributed by atoms with Crippen LogP contribution < -0.4 is 5.32 Å². The van der Waals surface area contributed by atoms with E-state index in [-0.39, 0.29) is 0 Å². The summed E-state index contributed by atoms with van der Waals surface area (Å²) in [4.78, 5) is 0. The molecule has 1 aromatic carbocycles. The normalized spacial score (nSPS) is 12.7. The van der Waals surface area contributed by atoms with E-state index in [1.807, 2.05) is 0 Å². The van der Waals surface area contributed by atoms with Gasteiger partial charge in [-0.15, -0.1) is 0 Å². The lowest BCUT2D eigenvalue weighted by molar-refractivity contribution is 0.158. The third kappa shape index (κ3) is 4.77. The van der Waals surface area contributed by atoms with Crippen molar-refractivity contribution >= 4 is 0 Å². The molecule has 0 bridgehead atoms. The summed E-state index contributed by atoms with van der Waals surface area (Å²) in [7, 11) is 1.75. The molecule has 1 unspecified atom stereocenters. The van der Waals surface area contributed by atoms with Gasteiger partial charge in [0.2, 0.25) is 0 Å². The first-order chi connectivity index (χ1) is 7.74. The minimum Gasteiger partial charge on any atom is -0.384 e. The fraction of sp³-hybridized carbons (Fsp3) is 0.571. The Bertz CT molecular complexity index is 299. The van der Waals surface area contributed by atoms with Crippen molar-refractivity contribution in [2.75, 3.05) is 26.8 Å². The Labute approximate surface area is 99.0 Å². The van der Waals surface area contributed by atoms with Gasteiger partial charge in [-0.05, 0) is 43.5 Å². The van der Waals surface area contributed by atoms with Crippen molar-refractivity contribution < 1.29 is 4.74 Å². The molecule has 0 saturated heterocycles. The van der Waals surface area contributed by atoms with Gasteiger partial charge in [0.25, 0.3) is 0 Å². The molecule has 0 radical (unpaired) electrons. The van der Waals surface area contributed by atoms with E-state index in [1.165, 1.54) is 11.1 Å². The molecule has 0 amide bonds. The Morgan fingerprint density at radius 3 is 2.75 bits per heavy atom. The van der Waals surface area contributed by atoms with Gasteiger partial charge >= 0.3 is 0 Å².